The summed E-state index contributed by atoms with van der Waals surface area (Å²) in [4.78, 5) is 0. The summed E-state index contributed by atoms with van der Waals surface area (Å²) in [7, 11) is 0. The molecule has 0 saturated heterocycles. The molecule has 0 radical (unpaired) electrons. The van der Waals surface area contributed by atoms with Gasteiger partial charge in [0.15, 0.2) is 0 Å². The van der Waals surface area contributed by atoms with Gasteiger partial charge in [-0.05, 0) is 43.5 Å². The van der Waals surface area contributed by atoms with Gasteiger partial charge in [-0.3, -0.25) is 0 Å². The minimum Gasteiger partial charge on any atom is -0.306 e. The van der Waals surface area contributed by atoms with Crippen molar-refractivity contribution < 1.29 is 0 Å². The summed E-state index contributed by atoms with van der Waals surface area (Å²) in [5, 5.41) is 3.57. The molecule has 1 nitrogen and oxygen atoms in total. The first-order valence-corrected chi connectivity index (χ1v) is 7.40. The molecule has 0 aliphatic heterocycles. The Bertz CT molecular complexity index is 563. The van der Waals surface area contributed by atoms with Gasteiger partial charge in [0.05, 0.1) is 0 Å². The molecule has 0 spiro atoms. The average molecular weight is 318 g/mol. The molecule has 100 valence electrons. The van der Waals surface area contributed by atoms with E-state index in [1.807, 2.05) is 0 Å². The minimum absolute atomic E-state index is 0.361. The highest BCUT2D eigenvalue weighted by Crippen LogP contribution is 2.19. The van der Waals surface area contributed by atoms with Crippen molar-refractivity contribution in [2.24, 2.45) is 0 Å². The third-order valence-electron chi connectivity index (χ3n) is 3.39. The molecule has 0 aliphatic rings. The zero-order valence-corrected chi connectivity index (χ0v) is 13.3. The molecule has 0 fully saturated rings. The van der Waals surface area contributed by atoms with Gasteiger partial charge in [-0.25, -0.2) is 0 Å². The van der Waals surface area contributed by atoms with Crippen molar-refractivity contribution in [1.29, 1.82) is 0 Å². The lowest BCUT2D eigenvalue weighted by molar-refractivity contribution is 0.574. The molecule has 0 saturated carbocycles. The molecule has 2 aromatic rings. The van der Waals surface area contributed by atoms with Crippen molar-refractivity contribution in [2.45, 2.75) is 33.4 Å². The lowest BCUT2D eigenvalue weighted by atomic mass is 10.1. The van der Waals surface area contributed by atoms with Gasteiger partial charge >= 0.3 is 0 Å². The summed E-state index contributed by atoms with van der Waals surface area (Å²) < 4.78 is 1.18. The zero-order chi connectivity index (χ0) is 13.8. The first-order valence-electron chi connectivity index (χ1n) is 6.61. The summed E-state index contributed by atoms with van der Waals surface area (Å²) in [6, 6.07) is 15.5. The summed E-state index contributed by atoms with van der Waals surface area (Å²) in [5.41, 5.74) is 5.22. The van der Waals surface area contributed by atoms with Gasteiger partial charge in [0, 0.05) is 17.1 Å². The molecular formula is C17H20BrN. The van der Waals surface area contributed by atoms with Crippen molar-refractivity contribution in [3.05, 3.63) is 69.2 Å². The topological polar surface area (TPSA) is 12.0 Å². The minimum atomic E-state index is 0.361. The van der Waals surface area contributed by atoms with E-state index in [1.54, 1.807) is 0 Å². The fraction of sp³-hybridized carbons (Fsp3) is 0.294. The molecule has 0 aliphatic carbocycles. The van der Waals surface area contributed by atoms with E-state index in [0.29, 0.717) is 6.04 Å². The Morgan fingerprint density at radius 1 is 1.11 bits per heavy atom. The first kappa shape index (κ1) is 14.3. The van der Waals surface area contributed by atoms with Gasteiger partial charge in [-0.1, -0.05) is 57.9 Å². The number of hydrogen-bond acceptors (Lipinski definition) is 1. The van der Waals surface area contributed by atoms with Gasteiger partial charge in [-0.15, -0.1) is 0 Å². The molecule has 0 aromatic heterocycles. The highest BCUT2D eigenvalue weighted by atomic mass is 79.9. The molecule has 2 heteroatoms. The predicted molar refractivity (Wildman–Crippen MR) is 85.3 cm³/mol. The van der Waals surface area contributed by atoms with E-state index in [1.165, 1.54) is 26.7 Å². The molecule has 19 heavy (non-hydrogen) atoms. The summed E-state index contributed by atoms with van der Waals surface area (Å²) in [5.74, 6) is 0. The second kappa shape index (κ2) is 6.36. The highest BCUT2D eigenvalue weighted by Gasteiger charge is 2.05. The van der Waals surface area contributed by atoms with Crippen LogP contribution < -0.4 is 5.32 Å². The van der Waals surface area contributed by atoms with Gasteiger partial charge < -0.3 is 5.32 Å². The maximum absolute atomic E-state index is 3.58. The van der Waals surface area contributed by atoms with E-state index in [4.69, 9.17) is 0 Å². The van der Waals surface area contributed by atoms with Crippen LogP contribution in [-0.2, 0) is 6.54 Å². The molecule has 1 N–H and O–H groups in total. The number of nitrogens with one attached hydrogen (secondary N) is 1. The first-order chi connectivity index (χ1) is 9.06. The van der Waals surface area contributed by atoms with Crippen molar-refractivity contribution in [2.75, 3.05) is 0 Å². The molecule has 0 bridgehead atoms. The summed E-state index contributed by atoms with van der Waals surface area (Å²) in [6.45, 7) is 7.33. The Hall–Kier alpha value is -1.12. The van der Waals surface area contributed by atoms with Crippen molar-refractivity contribution in [1.82, 2.24) is 5.32 Å². The largest absolute Gasteiger partial charge is 0.306 e. The fourth-order valence-corrected chi connectivity index (χ4v) is 2.50. The normalized spacial score (nSPS) is 12.4. The maximum atomic E-state index is 3.58. The molecular weight excluding hydrogens is 298 g/mol. The number of rotatable bonds is 4. The Morgan fingerprint density at radius 2 is 1.89 bits per heavy atom. The van der Waals surface area contributed by atoms with Crippen LogP contribution in [0.4, 0.5) is 0 Å². The monoisotopic (exact) mass is 317 g/mol. The smallest absolute Gasteiger partial charge is 0.0295 e. The van der Waals surface area contributed by atoms with Crippen LogP contribution in [0.25, 0.3) is 0 Å². The number of hydrogen-bond donors (Lipinski definition) is 1. The van der Waals surface area contributed by atoms with Crippen LogP contribution in [-0.4, -0.2) is 0 Å². The standard InChI is InChI=1S/C17H20BrN/c1-12-5-4-6-16(9-12)14(3)19-11-15-8-7-13(2)17(18)10-15/h4-10,14,19H,11H2,1-3H3/t14-/m0/s1. The molecule has 2 aromatic carbocycles. The Balaban J connectivity index is 2.00. The van der Waals surface area contributed by atoms with Gasteiger partial charge in [-0.2, -0.15) is 0 Å². The fourth-order valence-electron chi connectivity index (χ4n) is 2.07. The van der Waals surface area contributed by atoms with Crippen LogP contribution >= 0.6 is 15.9 Å². The SMILES string of the molecule is Cc1cccc([C@H](C)NCc2ccc(C)c(Br)c2)c1. The quantitative estimate of drug-likeness (QED) is 0.844. The second-order valence-corrected chi connectivity index (χ2v) is 5.95. The van der Waals surface area contributed by atoms with Crippen LogP contribution in [0.1, 0.15) is 35.2 Å². The maximum Gasteiger partial charge on any atom is 0.0295 e. The van der Waals surface area contributed by atoms with E-state index in [2.05, 4.69) is 84.5 Å². The Labute approximate surface area is 124 Å². The molecule has 1 atom stereocenters. The zero-order valence-electron chi connectivity index (χ0n) is 11.7. The Morgan fingerprint density at radius 3 is 2.58 bits per heavy atom. The van der Waals surface area contributed by atoms with Crippen molar-refractivity contribution in [3.8, 4) is 0 Å². The van der Waals surface area contributed by atoms with Crippen molar-refractivity contribution >= 4 is 15.9 Å². The van der Waals surface area contributed by atoms with Crippen LogP contribution in [0.2, 0.25) is 0 Å². The molecule has 2 rings (SSSR count). The van der Waals surface area contributed by atoms with Crippen molar-refractivity contribution in [3.63, 3.8) is 0 Å². The summed E-state index contributed by atoms with van der Waals surface area (Å²) in [6.07, 6.45) is 0. The lowest BCUT2D eigenvalue weighted by Crippen LogP contribution is -2.18. The van der Waals surface area contributed by atoms with Gasteiger partial charge in [0.1, 0.15) is 0 Å². The van der Waals surface area contributed by atoms with E-state index < -0.39 is 0 Å². The van der Waals surface area contributed by atoms with Crippen LogP contribution in [0.3, 0.4) is 0 Å². The number of halogens is 1. The van der Waals surface area contributed by atoms with E-state index >= 15 is 0 Å². The molecule has 0 unspecified atom stereocenters. The number of benzene rings is 2. The van der Waals surface area contributed by atoms with E-state index in [-0.39, 0.29) is 0 Å². The summed E-state index contributed by atoms with van der Waals surface area (Å²) >= 11 is 3.58. The molecule has 0 amide bonds. The third-order valence-corrected chi connectivity index (χ3v) is 4.25. The van der Waals surface area contributed by atoms with E-state index in [9.17, 15) is 0 Å². The van der Waals surface area contributed by atoms with Crippen LogP contribution in [0.5, 0.6) is 0 Å². The highest BCUT2D eigenvalue weighted by molar-refractivity contribution is 9.10. The van der Waals surface area contributed by atoms with Gasteiger partial charge in [0.2, 0.25) is 0 Å². The molecule has 0 heterocycles. The second-order valence-electron chi connectivity index (χ2n) is 5.10. The van der Waals surface area contributed by atoms with Gasteiger partial charge in [0.25, 0.3) is 0 Å². The lowest BCUT2D eigenvalue weighted by Gasteiger charge is -2.15. The third kappa shape index (κ3) is 3.92. The van der Waals surface area contributed by atoms with Crippen LogP contribution in [0.15, 0.2) is 46.9 Å². The van der Waals surface area contributed by atoms with Crippen LogP contribution in [0, 0.1) is 13.8 Å². The Kier molecular flexibility index (Phi) is 4.78. The van der Waals surface area contributed by atoms with E-state index in [0.717, 1.165) is 6.54 Å². The number of aryl methyl sites for hydroxylation is 2. The average Bonchev–Trinajstić information content (AvgIpc) is 2.40. The predicted octanol–water partition coefficient (Wildman–Crippen LogP) is 4.92.